The molecule has 1 atom stereocenters. The van der Waals surface area contributed by atoms with E-state index in [2.05, 4.69) is 26.6 Å². The maximum Gasteiger partial charge on any atom is 0.268 e. The molecule has 1 aliphatic carbocycles. The Morgan fingerprint density at radius 2 is 2.19 bits per heavy atom. The Kier molecular flexibility index (Phi) is 4.41. The minimum atomic E-state index is 0.0426. The molecule has 1 saturated heterocycles. The summed E-state index contributed by atoms with van der Waals surface area (Å²) in [4.78, 5) is 12.4. The van der Waals surface area contributed by atoms with E-state index in [0.29, 0.717) is 6.04 Å². The number of hydrogen-bond acceptors (Lipinski definition) is 2. The van der Waals surface area contributed by atoms with Crippen molar-refractivity contribution in [2.75, 3.05) is 6.54 Å². The summed E-state index contributed by atoms with van der Waals surface area (Å²) in [6, 6.07) is 2.18. The number of nitrogens with one attached hydrogen (secondary N) is 2. The van der Waals surface area contributed by atoms with Gasteiger partial charge in [0.1, 0.15) is 5.69 Å². The molecule has 0 radical (unpaired) electrons. The largest absolute Gasteiger partial charge is 0.348 e. The molecule has 2 N–H and O–H groups in total. The number of piperidine rings is 1. The molecule has 1 saturated carbocycles. The predicted octanol–water partition coefficient (Wildman–Crippen LogP) is 2.97. The summed E-state index contributed by atoms with van der Waals surface area (Å²) >= 11 is 3.42. The Morgan fingerprint density at radius 1 is 1.43 bits per heavy atom. The maximum absolute atomic E-state index is 12.4. The lowest BCUT2D eigenvalue weighted by Crippen LogP contribution is -2.57. The first kappa shape index (κ1) is 15.1. The molecular formula is C16H24BrN3O. The van der Waals surface area contributed by atoms with Crippen molar-refractivity contribution in [3.63, 3.8) is 0 Å². The van der Waals surface area contributed by atoms with Gasteiger partial charge in [-0.2, -0.15) is 0 Å². The average Bonchev–Trinajstić information content (AvgIpc) is 2.79. The van der Waals surface area contributed by atoms with E-state index in [9.17, 15) is 4.79 Å². The summed E-state index contributed by atoms with van der Waals surface area (Å²) in [6.45, 7) is 1.02. The number of nitrogens with zero attached hydrogens (tertiary/aromatic N) is 1. The summed E-state index contributed by atoms with van der Waals surface area (Å²) in [5, 5.41) is 6.97. The van der Waals surface area contributed by atoms with Crippen LogP contribution in [0.15, 0.2) is 16.7 Å². The van der Waals surface area contributed by atoms with Crippen LogP contribution in [0.25, 0.3) is 0 Å². The quantitative estimate of drug-likeness (QED) is 0.858. The number of amides is 1. The van der Waals surface area contributed by atoms with Crippen LogP contribution >= 0.6 is 15.9 Å². The Balaban J connectivity index is 1.64. The van der Waals surface area contributed by atoms with Crippen molar-refractivity contribution in [2.24, 2.45) is 7.05 Å². The van der Waals surface area contributed by atoms with Gasteiger partial charge in [0.15, 0.2) is 0 Å². The molecule has 4 nitrogen and oxygen atoms in total. The Morgan fingerprint density at radius 3 is 2.86 bits per heavy atom. The van der Waals surface area contributed by atoms with Crippen LogP contribution in [0.1, 0.15) is 55.4 Å². The highest BCUT2D eigenvalue weighted by molar-refractivity contribution is 9.10. The van der Waals surface area contributed by atoms with Crippen LogP contribution in [0.2, 0.25) is 0 Å². The van der Waals surface area contributed by atoms with E-state index >= 15 is 0 Å². The molecule has 1 aromatic rings. The minimum Gasteiger partial charge on any atom is -0.348 e. The first-order valence-corrected chi connectivity index (χ1v) is 8.75. The standard InChI is InChI=1S/C16H24BrN3O/c1-20-11-12(17)9-14(20)15(21)19-13-5-8-18-16(10-13)6-3-2-4-7-16/h9,11,13,18H,2-8,10H2,1H3,(H,19,21). The van der Waals surface area contributed by atoms with Crippen LogP contribution < -0.4 is 10.6 Å². The fourth-order valence-electron chi connectivity index (χ4n) is 3.90. The molecule has 1 aliphatic heterocycles. The number of aromatic nitrogens is 1. The van der Waals surface area contributed by atoms with Crippen molar-refractivity contribution in [3.05, 3.63) is 22.4 Å². The van der Waals surface area contributed by atoms with E-state index in [1.165, 1.54) is 32.1 Å². The van der Waals surface area contributed by atoms with E-state index in [-0.39, 0.29) is 11.4 Å². The van der Waals surface area contributed by atoms with Gasteiger partial charge in [-0.05, 0) is 54.2 Å². The molecule has 1 unspecified atom stereocenters. The predicted molar refractivity (Wildman–Crippen MR) is 87.4 cm³/mol. The van der Waals surface area contributed by atoms with E-state index in [0.717, 1.165) is 29.6 Å². The van der Waals surface area contributed by atoms with E-state index in [1.807, 2.05) is 23.9 Å². The van der Waals surface area contributed by atoms with Crippen LogP contribution in [0.5, 0.6) is 0 Å². The number of halogens is 1. The fourth-order valence-corrected chi connectivity index (χ4v) is 4.42. The third-order valence-corrected chi connectivity index (χ3v) is 5.41. The van der Waals surface area contributed by atoms with Gasteiger partial charge in [-0.15, -0.1) is 0 Å². The van der Waals surface area contributed by atoms with Crippen molar-refractivity contribution >= 4 is 21.8 Å². The molecule has 1 spiro atoms. The van der Waals surface area contributed by atoms with Gasteiger partial charge in [0.05, 0.1) is 0 Å². The van der Waals surface area contributed by atoms with E-state index < -0.39 is 0 Å². The van der Waals surface area contributed by atoms with E-state index in [1.54, 1.807) is 0 Å². The minimum absolute atomic E-state index is 0.0426. The molecule has 5 heteroatoms. The normalized spacial score (nSPS) is 25.0. The Bertz CT molecular complexity index is 514. The molecule has 3 rings (SSSR count). The molecule has 116 valence electrons. The second kappa shape index (κ2) is 6.13. The van der Waals surface area contributed by atoms with E-state index in [4.69, 9.17) is 0 Å². The second-order valence-corrected chi connectivity index (χ2v) is 7.50. The molecule has 0 aromatic carbocycles. The SMILES string of the molecule is Cn1cc(Br)cc1C(=O)NC1CCNC2(CCCCC2)C1. The van der Waals surface area contributed by atoms with Gasteiger partial charge >= 0.3 is 0 Å². The number of hydrogen-bond donors (Lipinski definition) is 2. The van der Waals surface area contributed by atoms with Gasteiger partial charge in [-0.3, -0.25) is 4.79 Å². The molecule has 21 heavy (non-hydrogen) atoms. The van der Waals surface area contributed by atoms with Crippen molar-refractivity contribution in [3.8, 4) is 0 Å². The summed E-state index contributed by atoms with van der Waals surface area (Å²) in [5.41, 5.74) is 1.00. The van der Waals surface area contributed by atoms with Gasteiger partial charge in [0, 0.05) is 29.3 Å². The zero-order valence-electron chi connectivity index (χ0n) is 12.6. The maximum atomic E-state index is 12.4. The van der Waals surface area contributed by atoms with Crippen molar-refractivity contribution < 1.29 is 4.79 Å². The van der Waals surface area contributed by atoms with Gasteiger partial charge < -0.3 is 15.2 Å². The number of carbonyl (C=O) groups is 1. The third-order valence-electron chi connectivity index (χ3n) is 4.98. The lowest BCUT2D eigenvalue weighted by molar-refractivity contribution is 0.0884. The molecule has 2 fully saturated rings. The smallest absolute Gasteiger partial charge is 0.268 e. The topological polar surface area (TPSA) is 46.1 Å². The highest BCUT2D eigenvalue weighted by Gasteiger charge is 2.37. The van der Waals surface area contributed by atoms with Crippen LogP contribution in [0.3, 0.4) is 0 Å². The zero-order valence-corrected chi connectivity index (χ0v) is 14.2. The zero-order chi connectivity index (χ0) is 14.9. The summed E-state index contributed by atoms with van der Waals surface area (Å²) in [5.74, 6) is 0.0426. The van der Waals surface area contributed by atoms with Gasteiger partial charge in [0.2, 0.25) is 0 Å². The summed E-state index contributed by atoms with van der Waals surface area (Å²) < 4.78 is 2.82. The van der Waals surface area contributed by atoms with Gasteiger partial charge in [0.25, 0.3) is 5.91 Å². The summed E-state index contributed by atoms with van der Waals surface area (Å²) in [6.07, 6.45) is 10.5. The highest BCUT2D eigenvalue weighted by atomic mass is 79.9. The van der Waals surface area contributed by atoms with Crippen LogP contribution in [0, 0.1) is 0 Å². The highest BCUT2D eigenvalue weighted by Crippen LogP contribution is 2.34. The molecule has 2 heterocycles. The van der Waals surface area contributed by atoms with Gasteiger partial charge in [-0.1, -0.05) is 19.3 Å². The molecule has 1 aromatic heterocycles. The molecule has 1 amide bonds. The van der Waals surface area contributed by atoms with Crippen molar-refractivity contribution in [2.45, 2.75) is 56.5 Å². The number of rotatable bonds is 2. The van der Waals surface area contributed by atoms with Crippen LogP contribution in [0.4, 0.5) is 0 Å². The summed E-state index contributed by atoms with van der Waals surface area (Å²) in [7, 11) is 1.91. The molecule has 2 aliphatic rings. The Hall–Kier alpha value is -0.810. The fraction of sp³-hybridized carbons (Fsp3) is 0.688. The second-order valence-electron chi connectivity index (χ2n) is 6.59. The van der Waals surface area contributed by atoms with Crippen LogP contribution in [-0.4, -0.2) is 28.6 Å². The number of carbonyl (C=O) groups excluding carboxylic acids is 1. The van der Waals surface area contributed by atoms with Crippen LogP contribution in [-0.2, 0) is 7.05 Å². The monoisotopic (exact) mass is 353 g/mol. The Labute approximate surface area is 134 Å². The molecular weight excluding hydrogens is 330 g/mol. The van der Waals surface area contributed by atoms with Crippen molar-refractivity contribution in [1.82, 2.24) is 15.2 Å². The third kappa shape index (κ3) is 3.34. The lowest BCUT2D eigenvalue weighted by Gasteiger charge is -2.44. The lowest BCUT2D eigenvalue weighted by atomic mass is 9.75. The molecule has 0 bridgehead atoms. The average molecular weight is 354 g/mol. The first-order chi connectivity index (χ1) is 10.1. The van der Waals surface area contributed by atoms with Crippen molar-refractivity contribution in [1.29, 1.82) is 0 Å². The first-order valence-electron chi connectivity index (χ1n) is 7.96. The number of aryl methyl sites for hydroxylation is 1. The van der Waals surface area contributed by atoms with Gasteiger partial charge in [-0.25, -0.2) is 0 Å².